The highest BCUT2D eigenvalue weighted by molar-refractivity contribution is 5.70. The van der Waals surface area contributed by atoms with E-state index in [9.17, 15) is 4.79 Å². The quantitative estimate of drug-likeness (QED) is 0.620. The van der Waals surface area contributed by atoms with E-state index in [0.29, 0.717) is 29.8 Å². The van der Waals surface area contributed by atoms with Gasteiger partial charge in [-0.2, -0.15) is 0 Å². The number of likely N-dealkylation sites (tertiary alicyclic amines) is 2. The summed E-state index contributed by atoms with van der Waals surface area (Å²) in [6, 6.07) is 1.32. The van der Waals surface area contributed by atoms with E-state index in [1.54, 1.807) is 0 Å². The summed E-state index contributed by atoms with van der Waals surface area (Å²) in [6.07, 6.45) is 5.87. The first-order valence-electron chi connectivity index (χ1n) is 10.4. The summed E-state index contributed by atoms with van der Waals surface area (Å²) in [7, 11) is 0. The van der Waals surface area contributed by atoms with Gasteiger partial charge in [-0.25, -0.2) is 0 Å². The van der Waals surface area contributed by atoms with Crippen molar-refractivity contribution >= 4 is 5.97 Å². The van der Waals surface area contributed by atoms with Crippen molar-refractivity contribution in [2.24, 2.45) is 11.3 Å². The number of hydrogen-bond donors (Lipinski definition) is 0. The molecule has 0 spiro atoms. The third-order valence-corrected chi connectivity index (χ3v) is 6.33. The Balaban J connectivity index is 1.63. The van der Waals surface area contributed by atoms with Gasteiger partial charge in [0, 0.05) is 25.2 Å². The predicted molar refractivity (Wildman–Crippen MR) is 104 cm³/mol. The monoisotopic (exact) mass is 352 g/mol. The van der Waals surface area contributed by atoms with Gasteiger partial charge in [0.05, 0.1) is 12.5 Å². The number of piperidine rings is 1. The molecule has 2 heterocycles. The van der Waals surface area contributed by atoms with Gasteiger partial charge in [0.15, 0.2) is 0 Å². The summed E-state index contributed by atoms with van der Waals surface area (Å²) >= 11 is 0. The molecule has 0 aromatic carbocycles. The fraction of sp³-hybridized carbons (Fsp3) is 0.952. The molecule has 2 fully saturated rings. The number of hydrogen-bond acceptors (Lipinski definition) is 4. The fourth-order valence-corrected chi connectivity index (χ4v) is 4.22. The number of rotatable bonds is 8. The van der Waals surface area contributed by atoms with Crippen molar-refractivity contribution in [2.45, 2.75) is 91.8 Å². The smallest absolute Gasteiger partial charge is 0.306 e. The second-order valence-corrected chi connectivity index (χ2v) is 9.39. The van der Waals surface area contributed by atoms with Gasteiger partial charge in [0.25, 0.3) is 0 Å². The summed E-state index contributed by atoms with van der Waals surface area (Å²) in [4.78, 5) is 16.9. The molecule has 0 aromatic rings. The topological polar surface area (TPSA) is 32.8 Å². The minimum atomic E-state index is -0.0308. The lowest BCUT2D eigenvalue weighted by atomic mass is 9.75. The third kappa shape index (κ3) is 6.25. The molecule has 2 rings (SSSR count). The molecule has 2 aliphatic rings. The first-order chi connectivity index (χ1) is 11.7. The van der Waals surface area contributed by atoms with Gasteiger partial charge in [-0.3, -0.25) is 9.69 Å². The molecule has 0 amide bonds. The molecule has 0 saturated carbocycles. The van der Waals surface area contributed by atoms with E-state index in [1.807, 2.05) is 13.8 Å². The van der Waals surface area contributed by atoms with Crippen molar-refractivity contribution in [3.05, 3.63) is 0 Å². The van der Waals surface area contributed by atoms with Crippen molar-refractivity contribution in [1.82, 2.24) is 9.80 Å². The van der Waals surface area contributed by atoms with Crippen LogP contribution >= 0.6 is 0 Å². The zero-order valence-electron chi connectivity index (χ0n) is 17.4. The van der Waals surface area contributed by atoms with Crippen molar-refractivity contribution in [3.63, 3.8) is 0 Å². The van der Waals surface area contributed by atoms with Crippen LogP contribution < -0.4 is 0 Å². The van der Waals surface area contributed by atoms with Crippen LogP contribution in [0.5, 0.6) is 0 Å². The Morgan fingerprint density at radius 2 is 1.68 bits per heavy atom. The van der Waals surface area contributed by atoms with Crippen molar-refractivity contribution in [1.29, 1.82) is 0 Å². The molecule has 0 aromatic heterocycles. The molecule has 0 aliphatic carbocycles. The number of carbonyl (C=O) groups excluding carboxylic acids is 1. The lowest BCUT2D eigenvalue weighted by molar-refractivity contribution is -0.150. The lowest BCUT2D eigenvalue weighted by Crippen LogP contribution is -2.52. The Bertz CT molecular complexity index is 422. The van der Waals surface area contributed by atoms with Crippen LogP contribution in [0, 0.1) is 11.3 Å². The molecule has 2 saturated heterocycles. The maximum absolute atomic E-state index is 11.7. The molecule has 1 unspecified atom stereocenters. The molecule has 0 N–H and O–H groups in total. The van der Waals surface area contributed by atoms with Gasteiger partial charge in [-0.05, 0) is 84.7 Å². The van der Waals surface area contributed by atoms with Gasteiger partial charge in [-0.1, -0.05) is 6.92 Å². The van der Waals surface area contributed by atoms with Crippen LogP contribution in [0.4, 0.5) is 0 Å². The number of nitrogens with zero attached hydrogens (tertiary/aromatic N) is 2. The molecular formula is C21H40N2O2. The number of ether oxygens (including phenoxy) is 1. The number of carbonyl (C=O) groups is 1. The third-order valence-electron chi connectivity index (χ3n) is 6.33. The summed E-state index contributed by atoms with van der Waals surface area (Å²) < 4.78 is 5.26. The van der Waals surface area contributed by atoms with E-state index >= 15 is 0 Å². The minimum absolute atomic E-state index is 0.00506. The Morgan fingerprint density at radius 1 is 1.08 bits per heavy atom. The molecule has 146 valence electrons. The highest BCUT2D eigenvalue weighted by Gasteiger charge is 2.35. The Hall–Kier alpha value is -0.610. The van der Waals surface area contributed by atoms with Crippen LogP contribution in [-0.2, 0) is 9.53 Å². The average Bonchev–Trinajstić information content (AvgIpc) is 2.48. The average molecular weight is 353 g/mol. The molecule has 0 bridgehead atoms. The van der Waals surface area contributed by atoms with Gasteiger partial charge in [0.1, 0.15) is 0 Å². The number of esters is 1. The summed E-state index contributed by atoms with van der Waals surface area (Å²) in [6.45, 7) is 17.9. The molecule has 1 atom stereocenters. The highest BCUT2D eigenvalue weighted by Crippen LogP contribution is 2.37. The SMILES string of the molecule is CC(C)OC(=O)CC1CN(C(C)CCC2(C)CCN(C(C)C)CC2)C1. The first kappa shape index (κ1) is 20.7. The van der Waals surface area contributed by atoms with E-state index in [-0.39, 0.29) is 12.1 Å². The zero-order valence-corrected chi connectivity index (χ0v) is 17.4. The van der Waals surface area contributed by atoms with Gasteiger partial charge in [-0.15, -0.1) is 0 Å². The van der Waals surface area contributed by atoms with Crippen LogP contribution in [0.1, 0.15) is 73.6 Å². The van der Waals surface area contributed by atoms with Gasteiger partial charge in [0.2, 0.25) is 0 Å². The largest absolute Gasteiger partial charge is 0.463 e. The normalized spacial score (nSPS) is 23.7. The molecule has 25 heavy (non-hydrogen) atoms. The Kier molecular flexibility index (Phi) is 7.33. The summed E-state index contributed by atoms with van der Waals surface area (Å²) in [5.41, 5.74) is 0.519. The second kappa shape index (κ2) is 8.85. The maximum atomic E-state index is 11.7. The molecule has 4 heteroatoms. The Morgan fingerprint density at radius 3 is 2.20 bits per heavy atom. The molecular weight excluding hydrogens is 312 g/mol. The highest BCUT2D eigenvalue weighted by atomic mass is 16.5. The molecule has 2 aliphatic heterocycles. The van der Waals surface area contributed by atoms with E-state index in [0.717, 1.165) is 13.1 Å². The molecule has 0 radical (unpaired) electrons. The van der Waals surface area contributed by atoms with Crippen LogP contribution in [0.2, 0.25) is 0 Å². The molecule has 4 nitrogen and oxygen atoms in total. The van der Waals surface area contributed by atoms with E-state index in [4.69, 9.17) is 4.74 Å². The first-order valence-corrected chi connectivity index (χ1v) is 10.4. The second-order valence-electron chi connectivity index (χ2n) is 9.39. The maximum Gasteiger partial charge on any atom is 0.306 e. The summed E-state index contributed by atoms with van der Waals surface area (Å²) in [5, 5.41) is 0. The predicted octanol–water partition coefficient (Wildman–Crippen LogP) is 3.94. The minimum Gasteiger partial charge on any atom is -0.463 e. The van der Waals surface area contributed by atoms with Gasteiger partial charge < -0.3 is 9.64 Å². The van der Waals surface area contributed by atoms with Crippen molar-refractivity contribution in [3.8, 4) is 0 Å². The standard InChI is InChI=1S/C21H40N2O2/c1-16(2)22-11-9-21(6,10-12-22)8-7-18(5)23-14-19(15-23)13-20(24)25-17(3)4/h16-19H,7-15H2,1-6H3. The van der Waals surface area contributed by atoms with Crippen molar-refractivity contribution < 1.29 is 9.53 Å². The Labute approximate surface area is 155 Å². The summed E-state index contributed by atoms with van der Waals surface area (Å²) in [5.74, 6) is 0.468. The zero-order chi connectivity index (χ0) is 18.6. The van der Waals surface area contributed by atoms with Crippen LogP contribution in [0.15, 0.2) is 0 Å². The lowest BCUT2D eigenvalue weighted by Gasteiger charge is -2.45. The van der Waals surface area contributed by atoms with Crippen LogP contribution in [0.3, 0.4) is 0 Å². The van der Waals surface area contributed by atoms with Crippen molar-refractivity contribution in [2.75, 3.05) is 26.2 Å². The fourth-order valence-electron chi connectivity index (χ4n) is 4.22. The van der Waals surface area contributed by atoms with E-state index in [2.05, 4.69) is 37.5 Å². The van der Waals surface area contributed by atoms with Crippen LogP contribution in [0.25, 0.3) is 0 Å². The van der Waals surface area contributed by atoms with E-state index < -0.39 is 0 Å². The van der Waals surface area contributed by atoms with Gasteiger partial charge >= 0.3 is 5.97 Å². The van der Waals surface area contributed by atoms with E-state index in [1.165, 1.54) is 38.8 Å². The van der Waals surface area contributed by atoms with Crippen LogP contribution in [-0.4, -0.2) is 60.1 Å².